The lowest BCUT2D eigenvalue weighted by molar-refractivity contribution is -0.106. The molecule has 0 bridgehead atoms. The first kappa shape index (κ1) is 14.7. The zero-order chi connectivity index (χ0) is 13.5. The van der Waals surface area contributed by atoms with E-state index in [-0.39, 0.29) is 12.5 Å². The molecule has 0 aromatic heterocycles. The summed E-state index contributed by atoms with van der Waals surface area (Å²) in [6, 6.07) is -0.667. The molecule has 0 unspecified atom stereocenters. The Morgan fingerprint density at radius 3 is 2.83 bits per heavy atom. The molecule has 0 spiro atoms. The smallest absolute Gasteiger partial charge is 0.145 e. The van der Waals surface area contributed by atoms with E-state index < -0.39 is 18.2 Å². The van der Waals surface area contributed by atoms with Crippen LogP contribution in [0.1, 0.15) is 33.1 Å². The van der Waals surface area contributed by atoms with Gasteiger partial charge in [0.25, 0.3) is 0 Å². The summed E-state index contributed by atoms with van der Waals surface area (Å²) in [5.41, 5.74) is 9.02. The maximum Gasteiger partial charge on any atom is 0.145 e. The number of ether oxygens (including phenoxy) is 1. The molecule has 0 aliphatic heterocycles. The maximum atomic E-state index is 10.8. The molecular weight excluding hydrogens is 234 g/mol. The van der Waals surface area contributed by atoms with Crippen LogP contribution in [0.15, 0.2) is 16.8 Å². The first-order chi connectivity index (χ1) is 8.65. The zero-order valence-electron chi connectivity index (χ0n) is 10.7. The minimum absolute atomic E-state index is 0.0286. The summed E-state index contributed by atoms with van der Waals surface area (Å²) in [5, 5.41) is 13.5. The molecule has 100 valence electrons. The fourth-order valence-electron chi connectivity index (χ4n) is 2.07. The molecule has 0 aromatic carbocycles. The van der Waals surface area contributed by atoms with E-state index in [1.165, 1.54) is 0 Å². The number of aldehydes is 1. The van der Waals surface area contributed by atoms with Gasteiger partial charge in [0, 0.05) is 11.3 Å². The lowest BCUT2D eigenvalue weighted by Gasteiger charge is -2.32. The Morgan fingerprint density at radius 1 is 1.67 bits per heavy atom. The van der Waals surface area contributed by atoms with Gasteiger partial charge in [-0.3, -0.25) is 4.79 Å². The number of carbonyl (C=O) groups excluding carboxylic acids is 1. The van der Waals surface area contributed by atoms with Crippen molar-refractivity contribution in [3.05, 3.63) is 22.1 Å². The topological polar surface area (TPSA) is 95.3 Å². The van der Waals surface area contributed by atoms with Crippen LogP contribution < -0.4 is 0 Å². The normalized spacial score (nSPS) is 27.6. The molecule has 0 fully saturated rings. The highest BCUT2D eigenvalue weighted by Gasteiger charge is 2.33. The fourth-order valence-corrected chi connectivity index (χ4v) is 2.07. The molecule has 6 heteroatoms. The average Bonchev–Trinajstić information content (AvgIpc) is 2.39. The molecule has 0 saturated carbocycles. The molecule has 6 nitrogen and oxygen atoms in total. The predicted octanol–water partition coefficient (Wildman–Crippen LogP) is 2.13. The van der Waals surface area contributed by atoms with Gasteiger partial charge >= 0.3 is 0 Å². The summed E-state index contributed by atoms with van der Waals surface area (Å²) in [6.07, 6.45) is 2.85. The summed E-state index contributed by atoms with van der Waals surface area (Å²) < 4.78 is 5.80. The Hall–Kier alpha value is -1.36. The van der Waals surface area contributed by atoms with Gasteiger partial charge in [0.1, 0.15) is 6.29 Å². The third-order valence-corrected chi connectivity index (χ3v) is 3.15. The monoisotopic (exact) mass is 253 g/mol. The number of aliphatic hydroxyl groups excluding tert-OH is 1. The van der Waals surface area contributed by atoms with E-state index >= 15 is 0 Å². The van der Waals surface area contributed by atoms with Crippen molar-refractivity contribution in [3.8, 4) is 0 Å². The van der Waals surface area contributed by atoms with Crippen LogP contribution in [0.2, 0.25) is 0 Å². The highest BCUT2D eigenvalue weighted by atomic mass is 16.5. The Kier molecular flexibility index (Phi) is 5.85. The van der Waals surface area contributed by atoms with Gasteiger partial charge in [-0.05, 0) is 30.0 Å². The molecule has 3 atom stereocenters. The highest BCUT2D eigenvalue weighted by Crippen LogP contribution is 2.25. The third-order valence-electron chi connectivity index (χ3n) is 3.15. The summed E-state index contributed by atoms with van der Waals surface area (Å²) >= 11 is 0. The number of hydrogen-bond acceptors (Lipinski definition) is 4. The molecule has 0 aromatic rings. The van der Waals surface area contributed by atoms with Crippen molar-refractivity contribution < 1.29 is 14.6 Å². The van der Waals surface area contributed by atoms with Crippen LogP contribution in [-0.4, -0.2) is 35.7 Å². The number of aliphatic hydroxyl groups is 1. The van der Waals surface area contributed by atoms with E-state index in [4.69, 9.17) is 10.3 Å². The van der Waals surface area contributed by atoms with Gasteiger partial charge in [-0.25, -0.2) is 0 Å². The van der Waals surface area contributed by atoms with E-state index in [2.05, 4.69) is 10.0 Å². The van der Waals surface area contributed by atoms with E-state index in [9.17, 15) is 9.90 Å². The summed E-state index contributed by atoms with van der Waals surface area (Å²) in [6.45, 7) is 4.00. The van der Waals surface area contributed by atoms with E-state index in [0.29, 0.717) is 11.9 Å². The Labute approximate surface area is 106 Å². The second kappa shape index (κ2) is 7.16. The van der Waals surface area contributed by atoms with Crippen LogP contribution in [0.3, 0.4) is 0 Å². The molecule has 1 aliphatic rings. The average molecular weight is 253 g/mol. The molecule has 18 heavy (non-hydrogen) atoms. The molecule has 0 radical (unpaired) electrons. The van der Waals surface area contributed by atoms with Crippen molar-refractivity contribution in [1.29, 1.82) is 0 Å². The van der Waals surface area contributed by atoms with Crippen LogP contribution in [0.5, 0.6) is 0 Å². The third kappa shape index (κ3) is 3.57. The second-order valence-corrected chi connectivity index (χ2v) is 4.37. The molecular formula is C12H19N3O3. The number of hydrogen-bond donors (Lipinski definition) is 1. The van der Waals surface area contributed by atoms with Crippen LogP contribution in [0.4, 0.5) is 0 Å². The Balaban J connectivity index is 2.91. The predicted molar refractivity (Wildman–Crippen MR) is 66.9 cm³/mol. The molecule has 1 rings (SSSR count). The van der Waals surface area contributed by atoms with E-state index in [1.54, 1.807) is 6.08 Å². The van der Waals surface area contributed by atoms with Crippen LogP contribution in [-0.2, 0) is 9.53 Å². The zero-order valence-corrected chi connectivity index (χ0v) is 10.7. The standard InChI is InChI=1S/C12H19N3O3/c1-3-9(4-2)18-11-6-8(7-16)5-10(17)12(11)14-15-13/h6-7,9-12,17H,3-5H2,1-2H3/t10-,11+,12+/m0/s1. The fraction of sp³-hybridized carbons (Fsp3) is 0.750. The summed E-state index contributed by atoms with van der Waals surface area (Å²) in [5.74, 6) is 0. The summed E-state index contributed by atoms with van der Waals surface area (Å²) in [7, 11) is 0. The van der Waals surface area contributed by atoms with Crippen LogP contribution in [0.25, 0.3) is 10.4 Å². The minimum atomic E-state index is -0.870. The SMILES string of the molecule is CCC(CC)O[C@@H]1C=C(C=O)C[C@H](O)[C@H]1N=[N+]=[N-]. The van der Waals surface area contributed by atoms with E-state index in [1.807, 2.05) is 13.8 Å². The van der Waals surface area contributed by atoms with Crippen molar-refractivity contribution >= 4 is 6.29 Å². The lowest BCUT2D eigenvalue weighted by atomic mass is 9.91. The highest BCUT2D eigenvalue weighted by molar-refractivity contribution is 5.74. The number of azide groups is 1. The largest absolute Gasteiger partial charge is 0.392 e. The molecule has 0 amide bonds. The Morgan fingerprint density at radius 2 is 2.33 bits per heavy atom. The van der Waals surface area contributed by atoms with Crippen molar-refractivity contribution in [2.24, 2.45) is 5.11 Å². The van der Waals surface area contributed by atoms with Crippen molar-refractivity contribution in [2.45, 2.75) is 57.5 Å². The van der Waals surface area contributed by atoms with Crippen molar-refractivity contribution in [1.82, 2.24) is 0 Å². The van der Waals surface area contributed by atoms with E-state index in [0.717, 1.165) is 12.8 Å². The molecule has 1 N–H and O–H groups in total. The Bertz CT molecular complexity index is 360. The van der Waals surface area contributed by atoms with Gasteiger partial charge in [0.2, 0.25) is 0 Å². The van der Waals surface area contributed by atoms with Gasteiger partial charge < -0.3 is 9.84 Å². The van der Waals surface area contributed by atoms with Crippen molar-refractivity contribution in [2.75, 3.05) is 0 Å². The summed E-state index contributed by atoms with van der Waals surface area (Å²) in [4.78, 5) is 13.5. The number of carbonyl (C=O) groups is 1. The van der Waals surface area contributed by atoms with Gasteiger partial charge in [0.05, 0.1) is 24.4 Å². The van der Waals surface area contributed by atoms with Crippen molar-refractivity contribution in [3.63, 3.8) is 0 Å². The number of rotatable bonds is 6. The van der Waals surface area contributed by atoms with Gasteiger partial charge in [-0.15, -0.1) is 0 Å². The first-order valence-corrected chi connectivity index (χ1v) is 6.19. The van der Waals surface area contributed by atoms with Crippen LogP contribution >= 0.6 is 0 Å². The second-order valence-electron chi connectivity index (χ2n) is 4.37. The molecule has 1 aliphatic carbocycles. The van der Waals surface area contributed by atoms with Gasteiger partial charge in [-0.1, -0.05) is 19.0 Å². The minimum Gasteiger partial charge on any atom is -0.392 e. The molecule has 0 heterocycles. The first-order valence-electron chi connectivity index (χ1n) is 6.19. The van der Waals surface area contributed by atoms with Gasteiger partial charge in [-0.2, -0.15) is 0 Å². The van der Waals surface area contributed by atoms with Crippen LogP contribution in [0, 0.1) is 0 Å². The van der Waals surface area contributed by atoms with Gasteiger partial charge in [0.15, 0.2) is 0 Å². The number of nitrogens with zero attached hydrogens (tertiary/aromatic N) is 3. The molecule has 0 saturated heterocycles. The maximum absolute atomic E-state index is 10.8. The lowest BCUT2D eigenvalue weighted by Crippen LogP contribution is -2.41. The quantitative estimate of drug-likeness (QED) is 0.340.